The van der Waals surface area contributed by atoms with E-state index in [1.165, 1.54) is 30.4 Å². The molecule has 0 aliphatic carbocycles. The molecule has 9 nitrogen and oxygen atoms in total. The molecule has 4 rings (SSSR count). The van der Waals surface area contributed by atoms with Crippen LogP contribution >= 0.6 is 11.3 Å². The van der Waals surface area contributed by atoms with Gasteiger partial charge in [0.15, 0.2) is 11.9 Å². The van der Waals surface area contributed by atoms with Crippen LogP contribution in [-0.4, -0.2) is 56.8 Å². The SMILES string of the molecule is CC(OC(=O)c1nc(-c2cccs2)n(-c2cccc(C(F)(F)F)c2)n1)C(=O)N1CCNC1=O. The number of rotatable bonds is 5. The molecule has 0 radical (unpaired) electrons. The zero-order valence-corrected chi connectivity index (χ0v) is 17.8. The standard InChI is InChI=1S/C20H16F3N5O4S/c1-11(17(29)27-8-7-24-19(27)31)32-18(30)15-25-16(14-6-3-9-33-14)28(26-15)13-5-2-4-12(10-13)20(21,22)23/h2-6,9-11H,7-8H2,1H3,(H,24,31). The summed E-state index contributed by atoms with van der Waals surface area (Å²) < 4.78 is 45.8. The summed E-state index contributed by atoms with van der Waals surface area (Å²) in [4.78, 5) is 42.3. The van der Waals surface area contributed by atoms with Gasteiger partial charge in [-0.15, -0.1) is 16.4 Å². The number of hydrogen-bond donors (Lipinski definition) is 1. The van der Waals surface area contributed by atoms with Gasteiger partial charge in [-0.1, -0.05) is 12.1 Å². The Labute approximate surface area is 188 Å². The minimum absolute atomic E-state index is 0.0395. The number of imide groups is 1. The van der Waals surface area contributed by atoms with Crippen LogP contribution in [0.5, 0.6) is 0 Å². The highest BCUT2D eigenvalue weighted by atomic mass is 32.1. The molecule has 1 fully saturated rings. The molecule has 33 heavy (non-hydrogen) atoms. The van der Waals surface area contributed by atoms with E-state index >= 15 is 0 Å². The highest BCUT2D eigenvalue weighted by Crippen LogP contribution is 2.32. The van der Waals surface area contributed by atoms with Crippen molar-refractivity contribution in [3.05, 3.63) is 53.2 Å². The molecular formula is C20H16F3N5O4S. The van der Waals surface area contributed by atoms with Gasteiger partial charge in [-0.25, -0.2) is 14.3 Å². The van der Waals surface area contributed by atoms with Gasteiger partial charge in [-0.3, -0.25) is 9.69 Å². The maximum atomic E-state index is 13.2. The van der Waals surface area contributed by atoms with E-state index in [1.54, 1.807) is 17.5 Å². The Morgan fingerprint density at radius 1 is 1.24 bits per heavy atom. The lowest BCUT2D eigenvalue weighted by molar-refractivity contribution is -0.137. The fraction of sp³-hybridized carbons (Fsp3) is 0.250. The Bertz CT molecular complexity index is 1210. The van der Waals surface area contributed by atoms with Crippen LogP contribution in [0.25, 0.3) is 16.4 Å². The molecule has 1 saturated heterocycles. The molecule has 1 aliphatic rings. The lowest BCUT2D eigenvalue weighted by atomic mass is 10.2. The summed E-state index contributed by atoms with van der Waals surface area (Å²) in [5.41, 5.74) is -0.850. The number of thiophene rings is 1. The van der Waals surface area contributed by atoms with E-state index in [-0.39, 0.29) is 18.1 Å². The lowest BCUT2D eigenvalue weighted by Crippen LogP contribution is -2.41. The van der Waals surface area contributed by atoms with Crippen LogP contribution < -0.4 is 5.32 Å². The number of amides is 3. The van der Waals surface area contributed by atoms with Gasteiger partial charge in [0.1, 0.15) is 0 Å². The van der Waals surface area contributed by atoms with Crippen molar-refractivity contribution in [1.82, 2.24) is 25.0 Å². The quantitative estimate of drug-likeness (QED) is 0.564. The summed E-state index contributed by atoms with van der Waals surface area (Å²) in [5.74, 6) is -2.08. The number of aromatic nitrogens is 3. The molecule has 1 atom stereocenters. The Morgan fingerprint density at radius 2 is 2.03 bits per heavy atom. The normalized spacial score (nSPS) is 14.8. The van der Waals surface area contributed by atoms with Gasteiger partial charge in [0.25, 0.3) is 11.7 Å². The fourth-order valence-electron chi connectivity index (χ4n) is 3.12. The van der Waals surface area contributed by atoms with E-state index in [9.17, 15) is 27.6 Å². The number of hydrogen-bond acceptors (Lipinski definition) is 7. The maximum Gasteiger partial charge on any atom is 0.416 e. The number of benzene rings is 1. The maximum absolute atomic E-state index is 13.2. The Hall–Kier alpha value is -3.74. The fourth-order valence-corrected chi connectivity index (χ4v) is 3.82. The van der Waals surface area contributed by atoms with Crippen LogP contribution in [0.1, 0.15) is 23.1 Å². The van der Waals surface area contributed by atoms with Gasteiger partial charge in [-0.05, 0) is 36.6 Å². The lowest BCUT2D eigenvalue weighted by Gasteiger charge is -2.17. The van der Waals surface area contributed by atoms with Gasteiger partial charge < -0.3 is 10.1 Å². The predicted molar refractivity (Wildman–Crippen MR) is 110 cm³/mol. The molecule has 13 heteroatoms. The highest BCUT2D eigenvalue weighted by molar-refractivity contribution is 7.13. The molecule has 3 amide bonds. The second kappa shape index (κ2) is 8.65. The van der Waals surface area contributed by atoms with Crippen molar-refractivity contribution >= 4 is 29.2 Å². The molecule has 2 aromatic heterocycles. The van der Waals surface area contributed by atoms with Gasteiger partial charge in [0, 0.05) is 13.1 Å². The van der Waals surface area contributed by atoms with Gasteiger partial charge in [-0.2, -0.15) is 18.2 Å². The summed E-state index contributed by atoms with van der Waals surface area (Å²) in [6.45, 7) is 1.73. The summed E-state index contributed by atoms with van der Waals surface area (Å²) in [7, 11) is 0. The Balaban J connectivity index is 1.64. The van der Waals surface area contributed by atoms with Crippen LogP contribution in [0, 0.1) is 0 Å². The average molecular weight is 479 g/mol. The van der Waals surface area contributed by atoms with Crippen molar-refractivity contribution in [2.75, 3.05) is 13.1 Å². The van der Waals surface area contributed by atoms with Crippen LogP contribution in [-0.2, 0) is 15.7 Å². The molecule has 172 valence electrons. The van der Waals surface area contributed by atoms with Crippen molar-refractivity contribution in [3.8, 4) is 16.4 Å². The first-order chi connectivity index (χ1) is 15.6. The number of alkyl halides is 3. The molecule has 0 spiro atoms. The molecule has 3 heterocycles. The van der Waals surface area contributed by atoms with Gasteiger partial charge in [0.05, 0.1) is 16.1 Å². The molecule has 0 bridgehead atoms. The Morgan fingerprint density at radius 3 is 2.67 bits per heavy atom. The molecular weight excluding hydrogens is 463 g/mol. The number of halogens is 3. The third-order valence-corrected chi connectivity index (χ3v) is 5.57. The molecule has 1 unspecified atom stereocenters. The monoisotopic (exact) mass is 479 g/mol. The van der Waals surface area contributed by atoms with Crippen molar-refractivity contribution in [2.24, 2.45) is 0 Å². The second-order valence-electron chi connectivity index (χ2n) is 6.97. The van der Waals surface area contributed by atoms with E-state index in [4.69, 9.17) is 4.74 Å². The number of carbonyl (C=O) groups is 3. The predicted octanol–water partition coefficient (Wildman–Crippen LogP) is 3.11. The zero-order chi connectivity index (χ0) is 23.8. The highest BCUT2D eigenvalue weighted by Gasteiger charge is 2.33. The number of ether oxygens (including phenoxy) is 1. The summed E-state index contributed by atoms with van der Waals surface area (Å²) >= 11 is 1.25. The van der Waals surface area contributed by atoms with E-state index < -0.39 is 41.6 Å². The van der Waals surface area contributed by atoms with E-state index in [1.807, 2.05) is 0 Å². The average Bonchev–Trinajstić information content (AvgIpc) is 3.52. The molecule has 1 aromatic carbocycles. The minimum atomic E-state index is -4.57. The number of esters is 1. The van der Waals surface area contributed by atoms with Gasteiger partial charge in [0.2, 0.25) is 0 Å². The molecule has 1 N–H and O–H groups in total. The van der Waals surface area contributed by atoms with Crippen molar-refractivity contribution in [3.63, 3.8) is 0 Å². The van der Waals surface area contributed by atoms with Gasteiger partial charge >= 0.3 is 18.2 Å². The first-order valence-corrected chi connectivity index (χ1v) is 10.5. The topological polar surface area (TPSA) is 106 Å². The number of nitrogens with one attached hydrogen (secondary N) is 1. The molecule has 0 saturated carbocycles. The first kappa shape index (κ1) is 22.5. The van der Waals surface area contributed by atoms with E-state index in [0.29, 0.717) is 11.4 Å². The number of urea groups is 1. The first-order valence-electron chi connectivity index (χ1n) is 9.64. The minimum Gasteiger partial charge on any atom is -0.447 e. The van der Waals surface area contributed by atoms with Crippen molar-refractivity contribution in [2.45, 2.75) is 19.2 Å². The zero-order valence-electron chi connectivity index (χ0n) is 17.0. The van der Waals surface area contributed by atoms with Crippen LogP contribution in [0.3, 0.4) is 0 Å². The van der Waals surface area contributed by atoms with Crippen molar-refractivity contribution < 1.29 is 32.3 Å². The Kier molecular flexibility index (Phi) is 5.89. The van der Waals surface area contributed by atoms with E-state index in [2.05, 4.69) is 15.4 Å². The molecule has 1 aliphatic heterocycles. The molecule has 3 aromatic rings. The van der Waals surface area contributed by atoms with Crippen molar-refractivity contribution in [1.29, 1.82) is 0 Å². The number of nitrogens with zero attached hydrogens (tertiary/aromatic N) is 4. The second-order valence-corrected chi connectivity index (χ2v) is 7.91. The number of carbonyl (C=O) groups excluding carboxylic acids is 3. The summed E-state index contributed by atoms with van der Waals surface area (Å²) in [6.07, 6.45) is -5.87. The summed E-state index contributed by atoms with van der Waals surface area (Å²) in [6, 6.07) is 7.22. The van der Waals surface area contributed by atoms with Crippen LogP contribution in [0.15, 0.2) is 41.8 Å². The summed E-state index contributed by atoms with van der Waals surface area (Å²) in [5, 5.41) is 8.26. The third kappa shape index (κ3) is 4.58. The third-order valence-electron chi connectivity index (χ3n) is 4.70. The smallest absolute Gasteiger partial charge is 0.416 e. The largest absolute Gasteiger partial charge is 0.447 e. The van der Waals surface area contributed by atoms with E-state index in [0.717, 1.165) is 21.7 Å². The van der Waals surface area contributed by atoms with Crippen LogP contribution in [0.4, 0.5) is 18.0 Å². The van der Waals surface area contributed by atoms with Crippen LogP contribution in [0.2, 0.25) is 0 Å².